The van der Waals surface area contributed by atoms with E-state index < -0.39 is 11.7 Å². The highest BCUT2D eigenvalue weighted by molar-refractivity contribution is 6.32. The van der Waals surface area contributed by atoms with Crippen molar-refractivity contribution in [3.05, 3.63) is 39.8 Å². The van der Waals surface area contributed by atoms with Crippen LogP contribution in [0.15, 0.2) is 29.2 Å². The number of nitrogens with zero attached hydrogens (tertiary/aromatic N) is 4. The zero-order chi connectivity index (χ0) is 27.4. The second-order valence-electron chi connectivity index (χ2n) is 8.65. The summed E-state index contributed by atoms with van der Waals surface area (Å²) in [6.45, 7) is 0.876. The van der Waals surface area contributed by atoms with Crippen LogP contribution in [0.1, 0.15) is 12.8 Å². The normalized spacial score (nSPS) is 13.7. The van der Waals surface area contributed by atoms with Gasteiger partial charge in [-0.2, -0.15) is 4.98 Å². The minimum absolute atomic E-state index is 0.0194. The quantitative estimate of drug-likeness (QED) is 0.330. The molecule has 14 heteroatoms. The molecule has 38 heavy (non-hydrogen) atoms. The van der Waals surface area contributed by atoms with Crippen molar-refractivity contribution in [1.29, 1.82) is 0 Å². The van der Waals surface area contributed by atoms with Crippen LogP contribution in [0, 0.1) is 0 Å². The first-order valence-electron chi connectivity index (χ1n) is 11.8. The molecule has 1 fully saturated rings. The Balaban J connectivity index is 1.62. The van der Waals surface area contributed by atoms with E-state index in [1.165, 1.54) is 24.9 Å². The lowest BCUT2D eigenvalue weighted by atomic mass is 10.1. The van der Waals surface area contributed by atoms with Crippen molar-refractivity contribution in [2.75, 3.05) is 44.1 Å². The fraction of sp³-hybridized carbons (Fsp3) is 0.375. The molecule has 3 heterocycles. The van der Waals surface area contributed by atoms with Crippen molar-refractivity contribution in [2.45, 2.75) is 18.9 Å². The van der Waals surface area contributed by atoms with Crippen LogP contribution < -0.4 is 35.9 Å². The van der Waals surface area contributed by atoms with Gasteiger partial charge in [0.2, 0.25) is 5.95 Å². The fourth-order valence-electron chi connectivity index (χ4n) is 4.25. The van der Waals surface area contributed by atoms with Gasteiger partial charge in [0.1, 0.15) is 10.8 Å². The summed E-state index contributed by atoms with van der Waals surface area (Å²) in [6, 6.07) is 4.94. The number of hydrogen-bond acceptors (Lipinski definition) is 9. The third-order valence-electron chi connectivity index (χ3n) is 6.20. The fourth-order valence-corrected chi connectivity index (χ4v) is 4.39. The van der Waals surface area contributed by atoms with Crippen LogP contribution in [0.5, 0.6) is 11.5 Å². The van der Waals surface area contributed by atoms with Crippen molar-refractivity contribution in [2.24, 2.45) is 7.05 Å². The summed E-state index contributed by atoms with van der Waals surface area (Å²) in [5, 5.41) is 18.0. The van der Waals surface area contributed by atoms with Gasteiger partial charge in [0, 0.05) is 50.4 Å². The van der Waals surface area contributed by atoms with Crippen LogP contribution in [0.2, 0.25) is 5.02 Å². The van der Waals surface area contributed by atoms with E-state index in [-0.39, 0.29) is 24.3 Å². The molecular formula is C24H28ClN7O6. The first kappa shape index (κ1) is 26.8. The molecule has 202 valence electrons. The van der Waals surface area contributed by atoms with Crippen molar-refractivity contribution < 1.29 is 24.2 Å². The molecule has 0 unspecified atom stereocenters. The van der Waals surface area contributed by atoms with Crippen molar-refractivity contribution in [3.63, 3.8) is 0 Å². The van der Waals surface area contributed by atoms with E-state index in [9.17, 15) is 14.4 Å². The molecule has 2 aromatic heterocycles. The summed E-state index contributed by atoms with van der Waals surface area (Å²) in [6.07, 6.45) is 1.73. The Bertz CT molecular complexity index is 1420. The molecule has 1 aliphatic rings. The molecule has 4 N–H and O–H groups in total. The molecule has 1 saturated heterocycles. The number of carbonyl (C=O) groups is 2. The number of aryl methyl sites for hydroxylation is 1. The standard InChI is InChI=1S/C24H28ClN7O6/c1-26-19(33)12-38-18-9-13-8-15(10-17(37-3)20(13)31(2)22(18)34)28-21-16(25)11-27-23(30-21)32-6-4-14(5-7-32)29-24(35)36/h8-11,14,29H,4-7,12H2,1-3H3,(H,26,33)(H,35,36)(H,27,28,30). The predicted molar refractivity (Wildman–Crippen MR) is 142 cm³/mol. The Morgan fingerprint density at radius 3 is 2.61 bits per heavy atom. The van der Waals surface area contributed by atoms with E-state index in [1.807, 2.05) is 4.90 Å². The van der Waals surface area contributed by atoms with Gasteiger partial charge in [-0.15, -0.1) is 0 Å². The number of piperidine rings is 1. The number of rotatable bonds is 8. The lowest BCUT2D eigenvalue weighted by Crippen LogP contribution is -2.44. The Kier molecular flexibility index (Phi) is 8.05. The van der Waals surface area contributed by atoms with Gasteiger partial charge in [-0.1, -0.05) is 11.6 Å². The second kappa shape index (κ2) is 11.4. The van der Waals surface area contributed by atoms with Crippen LogP contribution in [0.3, 0.4) is 0 Å². The van der Waals surface area contributed by atoms with Gasteiger partial charge in [0.05, 0.1) is 18.8 Å². The summed E-state index contributed by atoms with van der Waals surface area (Å²) < 4.78 is 12.4. The number of aromatic nitrogens is 3. The molecule has 0 aliphatic carbocycles. The number of nitrogens with one attached hydrogen (secondary N) is 3. The Hall–Kier alpha value is -4.26. The lowest BCUT2D eigenvalue weighted by molar-refractivity contribution is -0.122. The van der Waals surface area contributed by atoms with Gasteiger partial charge < -0.3 is 40.0 Å². The average molecular weight is 546 g/mol. The number of anilines is 3. The highest BCUT2D eigenvalue weighted by Crippen LogP contribution is 2.33. The summed E-state index contributed by atoms with van der Waals surface area (Å²) in [4.78, 5) is 46.2. The maximum Gasteiger partial charge on any atom is 0.404 e. The minimum Gasteiger partial charge on any atom is -0.494 e. The number of pyridine rings is 1. The highest BCUT2D eigenvalue weighted by Gasteiger charge is 2.23. The molecule has 3 aromatic rings. The largest absolute Gasteiger partial charge is 0.494 e. The van der Waals surface area contributed by atoms with Crippen LogP contribution >= 0.6 is 11.6 Å². The molecule has 0 saturated carbocycles. The highest BCUT2D eigenvalue weighted by atomic mass is 35.5. The van der Waals surface area contributed by atoms with Crippen molar-refractivity contribution >= 4 is 52.0 Å². The van der Waals surface area contributed by atoms with Crippen LogP contribution in [-0.2, 0) is 11.8 Å². The minimum atomic E-state index is -1.03. The third kappa shape index (κ3) is 5.83. The van der Waals surface area contributed by atoms with E-state index >= 15 is 0 Å². The summed E-state index contributed by atoms with van der Waals surface area (Å²) >= 11 is 6.40. The molecule has 13 nitrogen and oxygen atoms in total. The molecule has 0 radical (unpaired) electrons. The van der Waals surface area contributed by atoms with Gasteiger partial charge >= 0.3 is 6.09 Å². The lowest BCUT2D eigenvalue weighted by Gasteiger charge is -2.32. The topological polar surface area (TPSA) is 160 Å². The number of carboxylic acid groups (broad SMARTS) is 1. The molecule has 0 atom stereocenters. The predicted octanol–water partition coefficient (Wildman–Crippen LogP) is 2.10. The van der Waals surface area contributed by atoms with E-state index in [0.717, 1.165) is 0 Å². The molecule has 1 aliphatic heterocycles. The molecule has 1 aromatic carbocycles. The van der Waals surface area contributed by atoms with Gasteiger partial charge in [-0.05, 0) is 25.0 Å². The van der Waals surface area contributed by atoms with Gasteiger partial charge in [0.15, 0.2) is 18.2 Å². The monoisotopic (exact) mass is 545 g/mol. The van der Waals surface area contributed by atoms with E-state index in [4.69, 9.17) is 26.2 Å². The number of likely N-dealkylation sites (N-methyl/N-ethyl adjacent to an activating group) is 1. The Morgan fingerprint density at radius 1 is 1.21 bits per heavy atom. The average Bonchev–Trinajstić information content (AvgIpc) is 2.90. The van der Waals surface area contributed by atoms with Gasteiger partial charge in [-0.3, -0.25) is 9.59 Å². The summed E-state index contributed by atoms with van der Waals surface area (Å²) in [5.74, 6) is 0.916. The number of ether oxygens (including phenoxy) is 2. The van der Waals surface area contributed by atoms with E-state index in [1.54, 1.807) is 25.2 Å². The van der Waals surface area contributed by atoms with Crippen molar-refractivity contribution in [1.82, 2.24) is 25.2 Å². The van der Waals surface area contributed by atoms with Gasteiger partial charge in [0.25, 0.3) is 11.5 Å². The number of carbonyl (C=O) groups excluding carboxylic acids is 1. The van der Waals surface area contributed by atoms with E-state index in [0.29, 0.717) is 65.1 Å². The Labute approximate surface area is 222 Å². The smallest absolute Gasteiger partial charge is 0.404 e. The number of benzene rings is 1. The first-order chi connectivity index (χ1) is 18.2. The summed E-state index contributed by atoms with van der Waals surface area (Å²) in [5.41, 5.74) is 0.718. The van der Waals surface area contributed by atoms with Gasteiger partial charge in [-0.25, -0.2) is 9.78 Å². The summed E-state index contributed by atoms with van der Waals surface area (Å²) in [7, 11) is 4.57. The van der Waals surface area contributed by atoms with Crippen LogP contribution in [0.25, 0.3) is 10.9 Å². The zero-order valence-electron chi connectivity index (χ0n) is 21.1. The number of amides is 2. The van der Waals surface area contributed by atoms with Crippen molar-refractivity contribution in [3.8, 4) is 11.5 Å². The van der Waals surface area contributed by atoms with Crippen LogP contribution in [-0.4, -0.2) is 71.5 Å². The number of hydrogen-bond donors (Lipinski definition) is 4. The zero-order valence-corrected chi connectivity index (χ0v) is 21.8. The van der Waals surface area contributed by atoms with Crippen LogP contribution in [0.4, 0.5) is 22.2 Å². The Morgan fingerprint density at radius 2 is 1.95 bits per heavy atom. The first-order valence-corrected chi connectivity index (χ1v) is 12.2. The molecule has 0 spiro atoms. The number of halogens is 1. The second-order valence-corrected chi connectivity index (χ2v) is 9.06. The number of fused-ring (bicyclic) bond motifs is 1. The SMILES string of the molecule is CNC(=O)COc1cc2cc(Nc3nc(N4CCC(NC(=O)O)CC4)ncc3Cl)cc(OC)c2n(C)c1=O. The maximum absolute atomic E-state index is 12.8. The third-order valence-corrected chi connectivity index (χ3v) is 6.48. The van der Waals surface area contributed by atoms with E-state index in [2.05, 4.69) is 25.9 Å². The molecule has 0 bridgehead atoms. The number of methoxy groups -OCH3 is 1. The molecular weight excluding hydrogens is 518 g/mol. The molecule has 2 amide bonds. The molecule has 4 rings (SSSR count). The maximum atomic E-state index is 12.8.